The van der Waals surface area contributed by atoms with Crippen molar-refractivity contribution in [2.24, 2.45) is 7.05 Å². The van der Waals surface area contributed by atoms with Gasteiger partial charge in [0.1, 0.15) is 10.7 Å². The summed E-state index contributed by atoms with van der Waals surface area (Å²) in [4.78, 5) is 0. The van der Waals surface area contributed by atoms with Crippen LogP contribution >= 0.6 is 23.3 Å². The highest BCUT2D eigenvalue weighted by Gasteiger charge is 2.10. The fourth-order valence-electron chi connectivity index (χ4n) is 1.15. The SMILES string of the molecule is CCCNc1snnc1CSc1nnnn1C. The topological polar surface area (TPSA) is 81.4 Å². The van der Waals surface area contributed by atoms with Gasteiger partial charge in [-0.25, -0.2) is 4.68 Å². The number of tetrazole rings is 1. The smallest absolute Gasteiger partial charge is 0.209 e. The van der Waals surface area contributed by atoms with Gasteiger partial charge < -0.3 is 5.32 Å². The molecular weight excluding hydrogens is 258 g/mol. The Kier molecular flexibility index (Phi) is 4.26. The maximum atomic E-state index is 4.11. The van der Waals surface area contributed by atoms with E-state index < -0.39 is 0 Å². The van der Waals surface area contributed by atoms with Crippen LogP contribution in [0.1, 0.15) is 19.0 Å². The van der Waals surface area contributed by atoms with Crippen LogP contribution in [-0.4, -0.2) is 36.3 Å². The molecule has 0 unspecified atom stereocenters. The van der Waals surface area contributed by atoms with Crippen molar-refractivity contribution < 1.29 is 0 Å². The average Bonchev–Trinajstić information content (AvgIpc) is 2.93. The first kappa shape index (κ1) is 12.2. The number of anilines is 1. The molecule has 0 aliphatic rings. The third-order valence-corrected chi connectivity index (χ3v) is 3.76. The first-order valence-corrected chi connectivity index (χ1v) is 6.97. The number of aromatic nitrogens is 6. The Labute approximate surface area is 107 Å². The lowest BCUT2D eigenvalue weighted by Crippen LogP contribution is -2.00. The number of nitrogens with one attached hydrogen (secondary N) is 1. The van der Waals surface area contributed by atoms with Crippen LogP contribution in [0.25, 0.3) is 0 Å². The number of aryl methyl sites for hydroxylation is 1. The molecule has 7 nitrogen and oxygen atoms in total. The second-order valence-corrected chi connectivity index (χ2v) is 5.05. The number of nitrogens with zero attached hydrogens (tertiary/aromatic N) is 6. The lowest BCUT2D eigenvalue weighted by atomic mass is 10.4. The molecule has 2 rings (SSSR count). The molecular formula is C8H13N7S2. The molecule has 2 heterocycles. The van der Waals surface area contributed by atoms with Gasteiger partial charge in [-0.1, -0.05) is 23.2 Å². The molecule has 17 heavy (non-hydrogen) atoms. The van der Waals surface area contributed by atoms with Crippen LogP contribution in [0.5, 0.6) is 0 Å². The van der Waals surface area contributed by atoms with E-state index in [0.29, 0.717) is 0 Å². The standard InChI is InChI=1S/C8H13N7S2/c1-3-4-9-7-6(10-14-17-7)5-16-8-11-12-13-15(8)2/h9H,3-5H2,1-2H3. The number of thioether (sulfide) groups is 1. The predicted molar refractivity (Wildman–Crippen MR) is 67.0 cm³/mol. The molecule has 0 aliphatic heterocycles. The largest absolute Gasteiger partial charge is 0.374 e. The second kappa shape index (κ2) is 5.92. The van der Waals surface area contributed by atoms with E-state index in [0.717, 1.165) is 34.6 Å². The minimum atomic E-state index is 0.719. The molecule has 92 valence electrons. The maximum Gasteiger partial charge on any atom is 0.209 e. The van der Waals surface area contributed by atoms with Gasteiger partial charge in [-0.3, -0.25) is 0 Å². The van der Waals surface area contributed by atoms with Gasteiger partial charge >= 0.3 is 0 Å². The molecule has 0 saturated carbocycles. The van der Waals surface area contributed by atoms with Crippen molar-refractivity contribution in [2.45, 2.75) is 24.3 Å². The molecule has 0 aromatic carbocycles. The van der Waals surface area contributed by atoms with E-state index in [-0.39, 0.29) is 0 Å². The van der Waals surface area contributed by atoms with Crippen LogP contribution < -0.4 is 5.32 Å². The summed E-state index contributed by atoms with van der Waals surface area (Å²) in [7, 11) is 1.82. The van der Waals surface area contributed by atoms with E-state index in [9.17, 15) is 0 Å². The Morgan fingerprint density at radius 2 is 2.29 bits per heavy atom. The predicted octanol–water partition coefficient (Wildman–Crippen LogP) is 1.18. The van der Waals surface area contributed by atoms with Gasteiger partial charge in [0.2, 0.25) is 5.16 Å². The summed E-state index contributed by atoms with van der Waals surface area (Å²) in [6.07, 6.45) is 1.08. The van der Waals surface area contributed by atoms with Gasteiger partial charge in [-0.15, -0.1) is 10.2 Å². The molecule has 2 aromatic rings. The van der Waals surface area contributed by atoms with Gasteiger partial charge in [-0.2, -0.15) is 0 Å². The Hall–Kier alpha value is -1.22. The van der Waals surface area contributed by atoms with Crippen LogP contribution in [0.3, 0.4) is 0 Å². The van der Waals surface area contributed by atoms with Crippen molar-refractivity contribution in [1.82, 2.24) is 29.8 Å². The first-order valence-electron chi connectivity index (χ1n) is 5.21. The first-order chi connectivity index (χ1) is 8.31. The molecule has 0 aliphatic carbocycles. The minimum Gasteiger partial charge on any atom is -0.374 e. The van der Waals surface area contributed by atoms with Crippen LogP contribution in [0.2, 0.25) is 0 Å². The monoisotopic (exact) mass is 271 g/mol. The van der Waals surface area contributed by atoms with Gasteiger partial charge in [0.15, 0.2) is 0 Å². The van der Waals surface area contributed by atoms with Crippen LogP contribution in [0.15, 0.2) is 5.16 Å². The van der Waals surface area contributed by atoms with E-state index in [4.69, 9.17) is 0 Å². The third-order valence-electron chi connectivity index (χ3n) is 2.01. The van der Waals surface area contributed by atoms with Crippen molar-refractivity contribution in [3.63, 3.8) is 0 Å². The molecule has 0 bridgehead atoms. The minimum absolute atomic E-state index is 0.719. The average molecular weight is 271 g/mol. The summed E-state index contributed by atoms with van der Waals surface area (Å²) in [5.74, 6) is 0.719. The Morgan fingerprint density at radius 1 is 1.41 bits per heavy atom. The second-order valence-electron chi connectivity index (χ2n) is 3.35. The summed E-state index contributed by atoms with van der Waals surface area (Å²) in [5, 5.41) is 20.5. The summed E-state index contributed by atoms with van der Waals surface area (Å²) >= 11 is 2.94. The van der Waals surface area contributed by atoms with E-state index >= 15 is 0 Å². The van der Waals surface area contributed by atoms with Crippen molar-refractivity contribution in [3.8, 4) is 0 Å². The fraction of sp³-hybridized carbons (Fsp3) is 0.625. The molecule has 0 fully saturated rings. The highest BCUT2D eigenvalue weighted by atomic mass is 32.2. The van der Waals surface area contributed by atoms with E-state index in [2.05, 4.69) is 37.4 Å². The zero-order valence-corrected chi connectivity index (χ0v) is 11.3. The Bertz CT molecular complexity index is 466. The lowest BCUT2D eigenvalue weighted by molar-refractivity contribution is 0.664. The summed E-state index contributed by atoms with van der Waals surface area (Å²) < 4.78 is 5.60. The molecule has 0 amide bonds. The summed E-state index contributed by atoms with van der Waals surface area (Å²) in [5.41, 5.74) is 0.955. The van der Waals surface area contributed by atoms with Crippen LogP contribution in [0.4, 0.5) is 5.00 Å². The Balaban J connectivity index is 1.95. The number of hydrogen-bond acceptors (Lipinski definition) is 8. The van der Waals surface area contributed by atoms with Crippen molar-refractivity contribution in [3.05, 3.63) is 5.69 Å². The van der Waals surface area contributed by atoms with Gasteiger partial charge in [0, 0.05) is 30.9 Å². The Morgan fingerprint density at radius 3 is 3.00 bits per heavy atom. The van der Waals surface area contributed by atoms with Gasteiger partial charge in [0.05, 0.1) is 0 Å². The molecule has 9 heteroatoms. The van der Waals surface area contributed by atoms with Crippen molar-refractivity contribution in [1.29, 1.82) is 0 Å². The van der Waals surface area contributed by atoms with E-state index in [1.807, 2.05) is 7.05 Å². The summed E-state index contributed by atoms with van der Waals surface area (Å²) in [6, 6.07) is 0. The zero-order valence-electron chi connectivity index (χ0n) is 9.62. The maximum absolute atomic E-state index is 4.11. The zero-order chi connectivity index (χ0) is 12.1. The van der Waals surface area contributed by atoms with Crippen molar-refractivity contribution in [2.75, 3.05) is 11.9 Å². The summed E-state index contributed by atoms with van der Waals surface area (Å²) in [6.45, 7) is 3.06. The van der Waals surface area contributed by atoms with Crippen LogP contribution in [-0.2, 0) is 12.8 Å². The molecule has 1 N–H and O–H groups in total. The molecule has 2 aromatic heterocycles. The third kappa shape index (κ3) is 3.13. The molecule has 0 saturated heterocycles. The lowest BCUT2D eigenvalue weighted by Gasteiger charge is -2.02. The van der Waals surface area contributed by atoms with Gasteiger partial charge in [0.25, 0.3) is 0 Å². The van der Waals surface area contributed by atoms with E-state index in [1.54, 1.807) is 16.4 Å². The highest BCUT2D eigenvalue weighted by Crippen LogP contribution is 2.25. The fourth-order valence-corrected chi connectivity index (χ4v) is 2.64. The normalized spacial score (nSPS) is 10.7. The molecule has 0 spiro atoms. The highest BCUT2D eigenvalue weighted by molar-refractivity contribution is 7.98. The molecule has 0 radical (unpaired) electrons. The van der Waals surface area contributed by atoms with Gasteiger partial charge in [-0.05, 0) is 16.8 Å². The van der Waals surface area contributed by atoms with Crippen molar-refractivity contribution >= 4 is 28.3 Å². The number of hydrogen-bond donors (Lipinski definition) is 1. The van der Waals surface area contributed by atoms with E-state index in [1.165, 1.54) is 11.5 Å². The molecule has 0 atom stereocenters. The number of rotatable bonds is 6. The quantitative estimate of drug-likeness (QED) is 0.790. The van der Waals surface area contributed by atoms with Crippen LogP contribution in [0, 0.1) is 0 Å².